The third kappa shape index (κ3) is 19.8. The summed E-state index contributed by atoms with van der Waals surface area (Å²) in [7, 11) is 0. The Kier molecular flexibility index (Phi) is 15.8. The Hall–Kier alpha value is -1.75. The van der Waals surface area contributed by atoms with E-state index in [4.69, 9.17) is 28.5 Å². The van der Waals surface area contributed by atoms with Gasteiger partial charge in [0, 0.05) is 6.08 Å². The van der Waals surface area contributed by atoms with Gasteiger partial charge in [0.1, 0.15) is 0 Å². The molecule has 0 atom stereocenters. The molecule has 0 aliphatic rings. The molecular weight excluding hydrogens is 265 g/mol. The van der Waals surface area contributed by atoms with Crippen molar-refractivity contribution in [3.63, 3.8) is 0 Å². The summed E-state index contributed by atoms with van der Waals surface area (Å²) in [4.78, 5) is 0. The van der Waals surface area contributed by atoms with Gasteiger partial charge in [0.2, 0.25) is 0 Å². The number of nitriles is 1. The van der Waals surface area contributed by atoms with E-state index in [1.807, 2.05) is 30.4 Å². The first kappa shape index (κ1) is 18.6. The van der Waals surface area contributed by atoms with Gasteiger partial charge in [-0.1, -0.05) is 91.5 Å². The molecule has 1 aromatic rings. The van der Waals surface area contributed by atoms with E-state index in [0.717, 1.165) is 0 Å². The molecule has 0 N–H and O–H groups in total. The Morgan fingerprint density at radius 2 is 1.61 bits per heavy atom. The standard InChI is InChI=1S/C10H10.C3H3N.C2H2Cl2/c1-2-3-7-10-8-5-4-6-9-10;1-2-3-4;1-2(3)4/h2-9H,1H2;2H,1H2;1H2. The van der Waals surface area contributed by atoms with Crippen molar-refractivity contribution in [2.45, 2.75) is 0 Å². The van der Waals surface area contributed by atoms with Gasteiger partial charge in [0.05, 0.1) is 10.6 Å². The highest BCUT2D eigenvalue weighted by Crippen LogP contribution is 2.00. The van der Waals surface area contributed by atoms with E-state index in [1.54, 1.807) is 12.1 Å². The van der Waals surface area contributed by atoms with E-state index in [0.29, 0.717) is 0 Å². The molecule has 0 fully saturated rings. The molecule has 0 amide bonds. The van der Waals surface area contributed by atoms with Crippen LogP contribution in [0.5, 0.6) is 0 Å². The van der Waals surface area contributed by atoms with Crippen LogP contribution in [0.3, 0.4) is 0 Å². The summed E-state index contributed by atoms with van der Waals surface area (Å²) in [6.45, 7) is 9.79. The Morgan fingerprint density at radius 3 is 1.94 bits per heavy atom. The molecule has 0 aliphatic heterocycles. The molecule has 0 saturated carbocycles. The van der Waals surface area contributed by atoms with Crippen LogP contribution in [0.1, 0.15) is 5.56 Å². The molecule has 0 unspecified atom stereocenters. The minimum Gasteiger partial charge on any atom is -0.193 e. The second kappa shape index (κ2) is 15.2. The molecule has 94 valence electrons. The second-order valence-corrected chi connectivity index (χ2v) is 3.78. The molecule has 1 nitrogen and oxygen atoms in total. The quantitative estimate of drug-likeness (QED) is 0.517. The van der Waals surface area contributed by atoms with E-state index < -0.39 is 0 Å². The fraction of sp³-hybridized carbons (Fsp3) is 0. The van der Waals surface area contributed by atoms with Crippen molar-refractivity contribution in [3.8, 4) is 6.07 Å². The zero-order valence-corrected chi connectivity index (χ0v) is 11.5. The Balaban J connectivity index is 0. The predicted molar refractivity (Wildman–Crippen MR) is 82.3 cm³/mol. The lowest BCUT2D eigenvalue weighted by Crippen LogP contribution is -1.65. The molecule has 1 rings (SSSR count). The topological polar surface area (TPSA) is 23.8 Å². The summed E-state index contributed by atoms with van der Waals surface area (Å²) < 4.78 is 0.111. The summed E-state index contributed by atoms with van der Waals surface area (Å²) in [5, 5.41) is 7.51. The zero-order chi connectivity index (χ0) is 14.2. The van der Waals surface area contributed by atoms with Crippen LogP contribution in [-0.4, -0.2) is 0 Å². The fourth-order valence-electron chi connectivity index (χ4n) is 0.743. The van der Waals surface area contributed by atoms with Crippen molar-refractivity contribution in [1.82, 2.24) is 0 Å². The van der Waals surface area contributed by atoms with Crippen molar-refractivity contribution in [2.24, 2.45) is 0 Å². The van der Waals surface area contributed by atoms with Gasteiger partial charge in [-0.2, -0.15) is 5.26 Å². The van der Waals surface area contributed by atoms with Gasteiger partial charge in [0.15, 0.2) is 0 Å². The van der Waals surface area contributed by atoms with Crippen molar-refractivity contribution in [3.05, 3.63) is 78.4 Å². The highest BCUT2D eigenvalue weighted by molar-refractivity contribution is 6.55. The van der Waals surface area contributed by atoms with Crippen LogP contribution in [0.2, 0.25) is 0 Å². The van der Waals surface area contributed by atoms with Gasteiger partial charge in [-0.25, -0.2) is 0 Å². The monoisotopic (exact) mass is 279 g/mol. The lowest BCUT2D eigenvalue weighted by atomic mass is 10.2. The number of rotatable bonds is 2. The molecule has 0 bridgehead atoms. The average Bonchev–Trinajstić information content (AvgIpc) is 2.37. The van der Waals surface area contributed by atoms with Crippen molar-refractivity contribution < 1.29 is 0 Å². The lowest BCUT2D eigenvalue weighted by Gasteiger charge is -1.87. The highest BCUT2D eigenvalue weighted by Gasteiger charge is 1.78. The molecule has 0 aromatic heterocycles. The number of nitrogens with zero attached hydrogens (tertiary/aromatic N) is 1. The van der Waals surface area contributed by atoms with Gasteiger partial charge in [-0.05, 0) is 5.56 Å². The molecule has 18 heavy (non-hydrogen) atoms. The summed E-state index contributed by atoms with van der Waals surface area (Å²) in [6, 6.07) is 11.8. The summed E-state index contributed by atoms with van der Waals surface area (Å²) in [5.74, 6) is 0. The van der Waals surface area contributed by atoms with Gasteiger partial charge in [-0.3, -0.25) is 0 Å². The normalized spacial score (nSPS) is 7.83. The van der Waals surface area contributed by atoms with Crippen LogP contribution < -0.4 is 0 Å². The molecule has 0 spiro atoms. The Bertz CT molecular complexity index is 410. The van der Waals surface area contributed by atoms with E-state index in [2.05, 4.69) is 31.9 Å². The van der Waals surface area contributed by atoms with Crippen LogP contribution in [-0.2, 0) is 0 Å². The van der Waals surface area contributed by atoms with Crippen LogP contribution in [0.4, 0.5) is 0 Å². The SMILES string of the molecule is C=C(Cl)Cl.C=CC#N.C=CC=Cc1ccccc1. The third-order valence-electron chi connectivity index (χ3n) is 1.32. The first-order chi connectivity index (χ1) is 8.58. The number of halogens is 2. The minimum atomic E-state index is 0.111. The molecule has 3 heteroatoms. The number of hydrogen-bond acceptors (Lipinski definition) is 1. The van der Waals surface area contributed by atoms with Gasteiger partial charge >= 0.3 is 0 Å². The Labute approximate surface area is 119 Å². The highest BCUT2D eigenvalue weighted by atomic mass is 35.5. The maximum absolute atomic E-state index is 7.51. The average molecular weight is 280 g/mol. The molecule has 0 saturated heterocycles. The van der Waals surface area contributed by atoms with Gasteiger partial charge in [-0.15, -0.1) is 0 Å². The van der Waals surface area contributed by atoms with E-state index in [9.17, 15) is 0 Å². The van der Waals surface area contributed by atoms with E-state index in [-0.39, 0.29) is 4.49 Å². The van der Waals surface area contributed by atoms with Crippen molar-refractivity contribution in [2.75, 3.05) is 0 Å². The third-order valence-corrected chi connectivity index (χ3v) is 1.32. The van der Waals surface area contributed by atoms with Crippen LogP contribution in [0.15, 0.2) is 72.8 Å². The molecule has 0 radical (unpaired) electrons. The Morgan fingerprint density at radius 1 is 1.17 bits per heavy atom. The fourth-order valence-corrected chi connectivity index (χ4v) is 0.743. The summed E-state index contributed by atoms with van der Waals surface area (Å²) in [5.41, 5.74) is 1.21. The molecular formula is C15H15Cl2N. The summed E-state index contributed by atoms with van der Waals surface area (Å²) in [6.07, 6.45) is 6.90. The maximum Gasteiger partial charge on any atom is 0.0992 e. The lowest BCUT2D eigenvalue weighted by molar-refractivity contribution is 1.54. The smallest absolute Gasteiger partial charge is 0.0992 e. The van der Waals surface area contributed by atoms with Crippen molar-refractivity contribution >= 4 is 29.3 Å². The molecule has 1 aromatic carbocycles. The minimum absolute atomic E-state index is 0.111. The largest absolute Gasteiger partial charge is 0.193 e. The number of allylic oxidation sites excluding steroid dienone is 3. The molecule has 0 aliphatic carbocycles. The first-order valence-electron chi connectivity index (χ1n) is 4.93. The second-order valence-electron chi connectivity index (χ2n) is 2.68. The van der Waals surface area contributed by atoms with E-state index >= 15 is 0 Å². The van der Waals surface area contributed by atoms with Crippen molar-refractivity contribution in [1.29, 1.82) is 5.26 Å². The summed E-state index contributed by atoms with van der Waals surface area (Å²) >= 11 is 9.69. The first-order valence-corrected chi connectivity index (χ1v) is 5.68. The number of hydrogen-bond donors (Lipinski definition) is 0. The van der Waals surface area contributed by atoms with Crippen LogP contribution in [0, 0.1) is 11.3 Å². The van der Waals surface area contributed by atoms with Crippen LogP contribution in [0.25, 0.3) is 6.08 Å². The number of benzene rings is 1. The molecule has 0 heterocycles. The van der Waals surface area contributed by atoms with Gasteiger partial charge in [0.25, 0.3) is 0 Å². The zero-order valence-electron chi connectivity index (χ0n) is 10.0. The maximum atomic E-state index is 7.51. The van der Waals surface area contributed by atoms with Crippen LogP contribution >= 0.6 is 23.2 Å². The van der Waals surface area contributed by atoms with Gasteiger partial charge < -0.3 is 0 Å². The van der Waals surface area contributed by atoms with E-state index in [1.165, 1.54) is 11.6 Å². The predicted octanol–water partition coefficient (Wildman–Crippen LogP) is 5.52.